The topological polar surface area (TPSA) is 38.5 Å². The minimum atomic E-state index is 0.703. The van der Waals surface area contributed by atoms with Gasteiger partial charge in [-0.25, -0.2) is 0 Å². The second kappa shape index (κ2) is 6.10. The van der Waals surface area contributed by atoms with E-state index in [1.807, 2.05) is 25.1 Å². The molecule has 1 aliphatic rings. The lowest BCUT2D eigenvalue weighted by Gasteiger charge is -2.18. The summed E-state index contributed by atoms with van der Waals surface area (Å²) >= 11 is 0. The molecule has 0 bridgehead atoms. The van der Waals surface area contributed by atoms with Gasteiger partial charge in [0.1, 0.15) is 5.75 Å². The Kier molecular flexibility index (Phi) is 4.48. The van der Waals surface area contributed by atoms with E-state index in [2.05, 4.69) is 11.8 Å². The fourth-order valence-corrected chi connectivity index (χ4v) is 2.65. The zero-order valence-corrected chi connectivity index (χ0v) is 11.5. The monoisotopic (exact) mass is 248 g/mol. The Hall–Kier alpha value is -1.22. The lowest BCUT2D eigenvalue weighted by molar-refractivity contribution is 0.296. The van der Waals surface area contributed by atoms with E-state index in [1.165, 1.54) is 31.5 Å². The molecule has 0 aliphatic carbocycles. The average molecular weight is 248 g/mol. The molecule has 1 unspecified atom stereocenters. The molecule has 100 valence electrons. The van der Waals surface area contributed by atoms with E-state index in [9.17, 15) is 0 Å². The number of benzene rings is 1. The predicted octanol–water partition coefficient (Wildman–Crippen LogP) is 2.90. The third-order valence-electron chi connectivity index (χ3n) is 3.73. The van der Waals surface area contributed by atoms with Gasteiger partial charge >= 0.3 is 0 Å². The number of hydrogen-bond donors (Lipinski definition) is 1. The van der Waals surface area contributed by atoms with Gasteiger partial charge in [-0.15, -0.1) is 0 Å². The van der Waals surface area contributed by atoms with Gasteiger partial charge in [0.2, 0.25) is 0 Å². The molecule has 1 aliphatic heterocycles. The van der Waals surface area contributed by atoms with Crippen LogP contribution in [0.3, 0.4) is 0 Å². The summed E-state index contributed by atoms with van der Waals surface area (Å²) in [5.74, 6) is 1.84. The number of likely N-dealkylation sites (tertiary alicyclic amines) is 1. The molecule has 0 radical (unpaired) electrons. The van der Waals surface area contributed by atoms with Crippen molar-refractivity contribution in [2.75, 3.05) is 25.4 Å². The number of nitrogens with two attached hydrogens (primary N) is 1. The summed E-state index contributed by atoms with van der Waals surface area (Å²) in [4.78, 5) is 2.51. The van der Waals surface area contributed by atoms with Crippen molar-refractivity contribution < 1.29 is 4.74 Å². The van der Waals surface area contributed by atoms with Gasteiger partial charge in [0.05, 0.1) is 6.61 Å². The van der Waals surface area contributed by atoms with Gasteiger partial charge in [0, 0.05) is 24.3 Å². The van der Waals surface area contributed by atoms with Gasteiger partial charge in [0.15, 0.2) is 0 Å². The minimum absolute atomic E-state index is 0.703. The first-order chi connectivity index (χ1) is 8.72. The van der Waals surface area contributed by atoms with Crippen molar-refractivity contribution in [2.24, 2.45) is 5.92 Å². The van der Waals surface area contributed by atoms with E-state index >= 15 is 0 Å². The second-order valence-electron chi connectivity index (χ2n) is 5.10. The van der Waals surface area contributed by atoms with E-state index in [0.29, 0.717) is 6.61 Å². The van der Waals surface area contributed by atoms with E-state index in [1.54, 1.807) is 0 Å². The number of nitrogens with zero attached hydrogens (tertiary/aromatic N) is 1. The van der Waals surface area contributed by atoms with E-state index in [-0.39, 0.29) is 0 Å². The molecule has 0 spiro atoms. The Morgan fingerprint density at radius 2 is 2.22 bits per heavy atom. The highest BCUT2D eigenvalue weighted by atomic mass is 16.5. The van der Waals surface area contributed by atoms with Crippen molar-refractivity contribution in [1.29, 1.82) is 0 Å². The maximum absolute atomic E-state index is 5.88. The van der Waals surface area contributed by atoms with Gasteiger partial charge in [0.25, 0.3) is 0 Å². The Bertz CT molecular complexity index is 392. The normalized spacial score (nSPS) is 20.2. The fourth-order valence-electron chi connectivity index (χ4n) is 2.65. The molecule has 2 rings (SSSR count). The van der Waals surface area contributed by atoms with Crippen LogP contribution in [0.5, 0.6) is 5.75 Å². The summed E-state index contributed by atoms with van der Waals surface area (Å²) in [6.07, 6.45) is 2.61. The molecule has 1 atom stereocenters. The molecule has 0 saturated carbocycles. The molecule has 1 aromatic rings. The maximum atomic E-state index is 5.88. The molecule has 0 amide bonds. The molecule has 2 N–H and O–H groups in total. The minimum Gasteiger partial charge on any atom is -0.494 e. The molecule has 1 aromatic carbocycles. The Labute approximate surface area is 110 Å². The van der Waals surface area contributed by atoms with Crippen molar-refractivity contribution in [2.45, 2.75) is 33.2 Å². The van der Waals surface area contributed by atoms with Crippen molar-refractivity contribution in [3.05, 3.63) is 23.8 Å². The highest BCUT2D eigenvalue weighted by Gasteiger charge is 2.21. The zero-order chi connectivity index (χ0) is 13.0. The van der Waals surface area contributed by atoms with Crippen LogP contribution in [0, 0.1) is 5.92 Å². The highest BCUT2D eigenvalue weighted by Crippen LogP contribution is 2.26. The Balaban J connectivity index is 2.05. The number of rotatable bonds is 5. The number of anilines is 1. The molecule has 1 heterocycles. The fraction of sp³-hybridized carbons (Fsp3) is 0.600. The first-order valence-electron chi connectivity index (χ1n) is 6.96. The van der Waals surface area contributed by atoms with Crippen molar-refractivity contribution >= 4 is 5.69 Å². The van der Waals surface area contributed by atoms with Crippen molar-refractivity contribution in [1.82, 2.24) is 4.90 Å². The van der Waals surface area contributed by atoms with Gasteiger partial charge in [-0.05, 0) is 44.0 Å². The lowest BCUT2D eigenvalue weighted by Crippen LogP contribution is -2.20. The van der Waals surface area contributed by atoms with Crippen LogP contribution in [-0.4, -0.2) is 24.6 Å². The SMILES string of the molecule is CCOc1ccc(N)cc1CN1CCC(CC)C1. The summed E-state index contributed by atoms with van der Waals surface area (Å²) in [6.45, 7) is 8.35. The third kappa shape index (κ3) is 3.16. The van der Waals surface area contributed by atoms with Crippen LogP contribution in [0.2, 0.25) is 0 Å². The summed E-state index contributed by atoms with van der Waals surface area (Å²) < 4.78 is 5.67. The smallest absolute Gasteiger partial charge is 0.123 e. The number of ether oxygens (including phenoxy) is 1. The van der Waals surface area contributed by atoms with E-state index < -0.39 is 0 Å². The third-order valence-corrected chi connectivity index (χ3v) is 3.73. The van der Waals surface area contributed by atoms with Crippen molar-refractivity contribution in [3.8, 4) is 5.75 Å². The molecule has 0 aromatic heterocycles. The largest absolute Gasteiger partial charge is 0.494 e. The quantitative estimate of drug-likeness (QED) is 0.814. The summed E-state index contributed by atoms with van der Waals surface area (Å²) in [7, 11) is 0. The molecule has 1 fully saturated rings. The van der Waals surface area contributed by atoms with Crippen LogP contribution in [0.1, 0.15) is 32.3 Å². The van der Waals surface area contributed by atoms with Crippen LogP contribution in [-0.2, 0) is 6.54 Å². The summed E-state index contributed by atoms with van der Waals surface area (Å²) in [5, 5.41) is 0. The number of hydrogen-bond acceptors (Lipinski definition) is 3. The second-order valence-corrected chi connectivity index (χ2v) is 5.10. The van der Waals surface area contributed by atoms with Crippen LogP contribution in [0.15, 0.2) is 18.2 Å². The van der Waals surface area contributed by atoms with Crippen LogP contribution >= 0.6 is 0 Å². The molecule has 1 saturated heterocycles. The highest BCUT2D eigenvalue weighted by molar-refractivity contribution is 5.47. The zero-order valence-electron chi connectivity index (χ0n) is 11.5. The summed E-state index contributed by atoms with van der Waals surface area (Å²) in [5.41, 5.74) is 7.91. The average Bonchev–Trinajstić information content (AvgIpc) is 2.80. The summed E-state index contributed by atoms with van der Waals surface area (Å²) in [6, 6.07) is 5.94. The lowest BCUT2D eigenvalue weighted by atomic mass is 10.1. The first-order valence-corrected chi connectivity index (χ1v) is 6.96. The maximum Gasteiger partial charge on any atom is 0.123 e. The van der Waals surface area contributed by atoms with E-state index in [4.69, 9.17) is 10.5 Å². The van der Waals surface area contributed by atoms with Gasteiger partial charge < -0.3 is 10.5 Å². The predicted molar refractivity (Wildman–Crippen MR) is 75.7 cm³/mol. The van der Waals surface area contributed by atoms with Crippen molar-refractivity contribution in [3.63, 3.8) is 0 Å². The molecule has 18 heavy (non-hydrogen) atoms. The van der Waals surface area contributed by atoms with Gasteiger partial charge in [-0.1, -0.05) is 13.3 Å². The van der Waals surface area contributed by atoms with Gasteiger partial charge in [-0.2, -0.15) is 0 Å². The van der Waals surface area contributed by atoms with Gasteiger partial charge in [-0.3, -0.25) is 4.90 Å². The standard InChI is InChI=1S/C15H24N2O/c1-3-12-7-8-17(10-12)11-13-9-14(16)5-6-15(13)18-4-2/h5-6,9,12H,3-4,7-8,10-11,16H2,1-2H3. The first kappa shape index (κ1) is 13.2. The van der Waals surface area contributed by atoms with Crippen LogP contribution in [0.25, 0.3) is 0 Å². The molecule has 3 heteroatoms. The molecular weight excluding hydrogens is 224 g/mol. The van der Waals surface area contributed by atoms with Crippen LogP contribution < -0.4 is 10.5 Å². The Morgan fingerprint density at radius 3 is 2.89 bits per heavy atom. The molecule has 3 nitrogen and oxygen atoms in total. The van der Waals surface area contributed by atoms with Crippen LogP contribution in [0.4, 0.5) is 5.69 Å². The number of nitrogen functional groups attached to an aromatic ring is 1. The van der Waals surface area contributed by atoms with E-state index in [0.717, 1.165) is 23.9 Å². The Morgan fingerprint density at radius 1 is 1.39 bits per heavy atom. The molecular formula is C15H24N2O.